The molecule has 0 bridgehead atoms. The third-order valence-electron chi connectivity index (χ3n) is 2.78. The van der Waals surface area contributed by atoms with Gasteiger partial charge in [-0.15, -0.1) is 0 Å². The molecular weight excluding hydrogens is 229 g/mol. The van der Waals surface area contributed by atoms with Crippen LogP contribution in [0.2, 0.25) is 0 Å². The molecule has 0 aliphatic carbocycles. The Morgan fingerprint density at radius 3 is 3.00 bits per heavy atom. The molecular formula is C14H12FN3. The fraction of sp³-hybridized carbons (Fsp3) is 0.143. The first-order valence-corrected chi connectivity index (χ1v) is 5.76. The van der Waals surface area contributed by atoms with Crippen molar-refractivity contribution in [1.29, 1.82) is 0 Å². The van der Waals surface area contributed by atoms with Crippen LogP contribution in [-0.2, 0) is 6.42 Å². The molecule has 0 unspecified atom stereocenters. The van der Waals surface area contributed by atoms with E-state index in [0.29, 0.717) is 12.1 Å². The fourth-order valence-corrected chi connectivity index (χ4v) is 1.98. The number of hydrogen-bond donors (Lipinski definition) is 1. The number of imidazole rings is 1. The molecule has 2 aromatic heterocycles. The minimum Gasteiger partial charge on any atom is -0.340 e. The standard InChI is InChI=1S/C14H12FN3/c1-9-5-12-14(16-8-9)18-13(17-12)7-10-3-2-4-11(15)6-10/h2-6,8H,7H2,1H3,(H,16,17,18). The van der Waals surface area contributed by atoms with Crippen LogP contribution in [0, 0.1) is 12.7 Å². The second kappa shape index (κ2) is 4.22. The van der Waals surface area contributed by atoms with Crippen molar-refractivity contribution in [2.24, 2.45) is 0 Å². The number of nitrogens with zero attached hydrogens (tertiary/aromatic N) is 2. The van der Waals surface area contributed by atoms with Crippen molar-refractivity contribution in [3.63, 3.8) is 0 Å². The smallest absolute Gasteiger partial charge is 0.177 e. The number of fused-ring (bicyclic) bond motifs is 1. The second-order valence-electron chi connectivity index (χ2n) is 4.37. The molecule has 0 aliphatic rings. The van der Waals surface area contributed by atoms with Crippen molar-refractivity contribution in [3.05, 3.63) is 59.3 Å². The zero-order chi connectivity index (χ0) is 12.5. The molecule has 1 aromatic carbocycles. The van der Waals surface area contributed by atoms with Gasteiger partial charge < -0.3 is 4.98 Å². The Bertz CT molecular complexity index is 703. The Hall–Kier alpha value is -2.23. The monoisotopic (exact) mass is 241 g/mol. The average molecular weight is 241 g/mol. The van der Waals surface area contributed by atoms with Crippen molar-refractivity contribution in [2.45, 2.75) is 13.3 Å². The first-order chi connectivity index (χ1) is 8.70. The third kappa shape index (κ3) is 2.09. The van der Waals surface area contributed by atoms with E-state index in [9.17, 15) is 4.39 Å². The molecule has 0 fully saturated rings. The summed E-state index contributed by atoms with van der Waals surface area (Å²) < 4.78 is 13.1. The molecule has 0 saturated heterocycles. The van der Waals surface area contributed by atoms with E-state index in [1.165, 1.54) is 12.1 Å². The van der Waals surface area contributed by atoms with Crippen molar-refractivity contribution in [3.8, 4) is 0 Å². The van der Waals surface area contributed by atoms with Crippen LogP contribution >= 0.6 is 0 Å². The summed E-state index contributed by atoms with van der Waals surface area (Å²) in [6.07, 6.45) is 2.36. The molecule has 3 aromatic rings. The van der Waals surface area contributed by atoms with Crippen LogP contribution < -0.4 is 0 Å². The fourth-order valence-electron chi connectivity index (χ4n) is 1.98. The van der Waals surface area contributed by atoms with E-state index in [4.69, 9.17) is 0 Å². The van der Waals surface area contributed by atoms with E-state index >= 15 is 0 Å². The zero-order valence-electron chi connectivity index (χ0n) is 9.94. The molecule has 3 rings (SSSR count). The van der Waals surface area contributed by atoms with Crippen molar-refractivity contribution in [1.82, 2.24) is 15.0 Å². The van der Waals surface area contributed by atoms with Gasteiger partial charge in [0.25, 0.3) is 0 Å². The molecule has 2 heterocycles. The first kappa shape index (κ1) is 10.9. The summed E-state index contributed by atoms with van der Waals surface area (Å²) in [5.41, 5.74) is 3.60. The molecule has 0 aliphatic heterocycles. The second-order valence-corrected chi connectivity index (χ2v) is 4.37. The normalized spacial score (nSPS) is 11.0. The van der Waals surface area contributed by atoms with Crippen LogP contribution in [0.3, 0.4) is 0 Å². The average Bonchev–Trinajstić information content (AvgIpc) is 2.70. The lowest BCUT2D eigenvalue weighted by atomic mass is 10.1. The van der Waals surface area contributed by atoms with Gasteiger partial charge in [0.05, 0.1) is 5.52 Å². The highest BCUT2D eigenvalue weighted by atomic mass is 19.1. The summed E-state index contributed by atoms with van der Waals surface area (Å²) in [6.45, 7) is 1.99. The molecule has 1 N–H and O–H groups in total. The van der Waals surface area contributed by atoms with Crippen LogP contribution in [0.15, 0.2) is 36.5 Å². The summed E-state index contributed by atoms with van der Waals surface area (Å²) in [6, 6.07) is 8.55. The lowest BCUT2D eigenvalue weighted by Gasteiger charge is -1.97. The third-order valence-corrected chi connectivity index (χ3v) is 2.78. The van der Waals surface area contributed by atoms with Crippen LogP contribution in [0.25, 0.3) is 11.2 Å². The lowest BCUT2D eigenvalue weighted by molar-refractivity contribution is 0.626. The molecule has 4 heteroatoms. The maximum atomic E-state index is 13.1. The Balaban J connectivity index is 1.95. The molecule has 18 heavy (non-hydrogen) atoms. The number of halogens is 1. The number of pyridine rings is 1. The number of aromatic nitrogens is 3. The highest BCUT2D eigenvalue weighted by Crippen LogP contribution is 2.13. The van der Waals surface area contributed by atoms with Crippen LogP contribution in [-0.4, -0.2) is 15.0 Å². The topological polar surface area (TPSA) is 41.6 Å². The van der Waals surface area contributed by atoms with Gasteiger partial charge >= 0.3 is 0 Å². The zero-order valence-corrected chi connectivity index (χ0v) is 9.94. The maximum absolute atomic E-state index is 13.1. The molecule has 0 amide bonds. The van der Waals surface area contributed by atoms with E-state index < -0.39 is 0 Å². The Kier molecular flexibility index (Phi) is 2.55. The number of nitrogens with one attached hydrogen (secondary N) is 1. The summed E-state index contributed by atoms with van der Waals surface area (Å²) in [5.74, 6) is 0.575. The summed E-state index contributed by atoms with van der Waals surface area (Å²) >= 11 is 0. The number of hydrogen-bond acceptors (Lipinski definition) is 2. The molecule has 0 spiro atoms. The van der Waals surface area contributed by atoms with Crippen molar-refractivity contribution in [2.75, 3.05) is 0 Å². The van der Waals surface area contributed by atoms with E-state index in [1.54, 1.807) is 12.3 Å². The van der Waals surface area contributed by atoms with Crippen LogP contribution in [0.1, 0.15) is 17.0 Å². The number of rotatable bonds is 2. The predicted octanol–water partition coefficient (Wildman–Crippen LogP) is 3.00. The Labute approximate surface area is 104 Å². The van der Waals surface area contributed by atoms with E-state index in [1.807, 2.05) is 19.1 Å². The molecule has 0 radical (unpaired) electrons. The van der Waals surface area contributed by atoms with E-state index in [0.717, 1.165) is 22.5 Å². The largest absolute Gasteiger partial charge is 0.340 e. The molecule has 0 atom stereocenters. The van der Waals surface area contributed by atoms with Gasteiger partial charge in [-0.25, -0.2) is 14.4 Å². The SMILES string of the molecule is Cc1cnc2nc(Cc3cccc(F)c3)[nH]c2c1. The van der Waals surface area contributed by atoms with E-state index in [2.05, 4.69) is 15.0 Å². The van der Waals surface area contributed by atoms with E-state index in [-0.39, 0.29) is 5.82 Å². The van der Waals surface area contributed by atoms with Crippen molar-refractivity contribution >= 4 is 11.2 Å². The van der Waals surface area contributed by atoms with Crippen molar-refractivity contribution < 1.29 is 4.39 Å². The quantitative estimate of drug-likeness (QED) is 0.749. The predicted molar refractivity (Wildman–Crippen MR) is 67.8 cm³/mol. The van der Waals surface area contributed by atoms with Crippen LogP contribution in [0.4, 0.5) is 4.39 Å². The Morgan fingerprint density at radius 2 is 2.17 bits per heavy atom. The summed E-state index contributed by atoms with van der Waals surface area (Å²) in [7, 11) is 0. The van der Waals surface area contributed by atoms with Gasteiger partial charge in [0.15, 0.2) is 5.65 Å². The summed E-state index contributed by atoms with van der Waals surface area (Å²) in [5, 5.41) is 0. The number of benzene rings is 1. The van der Waals surface area contributed by atoms with Gasteiger partial charge in [-0.1, -0.05) is 12.1 Å². The number of H-pyrrole nitrogens is 1. The maximum Gasteiger partial charge on any atom is 0.177 e. The molecule has 0 saturated carbocycles. The molecule has 3 nitrogen and oxygen atoms in total. The van der Waals surface area contributed by atoms with Gasteiger partial charge in [0.2, 0.25) is 0 Å². The molecule has 90 valence electrons. The number of aromatic amines is 1. The van der Waals surface area contributed by atoms with Gasteiger partial charge in [-0.05, 0) is 36.2 Å². The highest BCUT2D eigenvalue weighted by molar-refractivity contribution is 5.71. The lowest BCUT2D eigenvalue weighted by Crippen LogP contribution is -1.91. The van der Waals surface area contributed by atoms with Crippen LogP contribution in [0.5, 0.6) is 0 Å². The van der Waals surface area contributed by atoms with Gasteiger partial charge in [-0.3, -0.25) is 0 Å². The van der Waals surface area contributed by atoms with Gasteiger partial charge in [0.1, 0.15) is 11.6 Å². The number of aryl methyl sites for hydroxylation is 1. The summed E-state index contributed by atoms with van der Waals surface area (Å²) in [4.78, 5) is 11.8. The van der Waals surface area contributed by atoms with Gasteiger partial charge in [0, 0.05) is 12.6 Å². The van der Waals surface area contributed by atoms with Gasteiger partial charge in [-0.2, -0.15) is 0 Å². The Morgan fingerprint density at radius 1 is 1.28 bits per heavy atom. The minimum absolute atomic E-state index is 0.224. The highest BCUT2D eigenvalue weighted by Gasteiger charge is 2.05. The first-order valence-electron chi connectivity index (χ1n) is 5.76. The minimum atomic E-state index is -0.224.